The third-order valence-electron chi connectivity index (χ3n) is 4.49. The fourth-order valence-corrected chi connectivity index (χ4v) is 3.00. The Balaban J connectivity index is 0.00000261. The van der Waals surface area contributed by atoms with Crippen LogP contribution in [0.5, 0.6) is 0 Å². The Morgan fingerprint density at radius 1 is 1.19 bits per heavy atom. The summed E-state index contributed by atoms with van der Waals surface area (Å²) in [6, 6.07) is 10.2. The number of morpholine rings is 1. The van der Waals surface area contributed by atoms with E-state index in [4.69, 9.17) is 10.5 Å². The molecule has 1 aliphatic heterocycles. The Labute approximate surface area is 178 Å². The Kier molecular flexibility index (Phi) is 9.57. The maximum Gasteiger partial charge on any atom is 0.188 e. The molecule has 7 nitrogen and oxygen atoms in total. The van der Waals surface area contributed by atoms with Gasteiger partial charge in [0, 0.05) is 32.0 Å². The second-order valence-electron chi connectivity index (χ2n) is 6.41. The molecule has 0 atom stereocenters. The number of aromatic nitrogens is 2. The van der Waals surface area contributed by atoms with Gasteiger partial charge in [-0.15, -0.1) is 24.0 Å². The highest BCUT2D eigenvalue weighted by atomic mass is 127. The first-order valence-corrected chi connectivity index (χ1v) is 9.19. The summed E-state index contributed by atoms with van der Waals surface area (Å²) in [6.45, 7) is 6.94. The fraction of sp³-hybridized carbons (Fsp3) is 0.474. The van der Waals surface area contributed by atoms with Gasteiger partial charge >= 0.3 is 0 Å². The van der Waals surface area contributed by atoms with Gasteiger partial charge in [-0.2, -0.15) is 5.10 Å². The van der Waals surface area contributed by atoms with Crippen molar-refractivity contribution in [2.75, 3.05) is 39.4 Å². The van der Waals surface area contributed by atoms with Crippen molar-refractivity contribution < 1.29 is 4.74 Å². The molecule has 1 saturated heterocycles. The lowest BCUT2D eigenvalue weighted by Crippen LogP contribution is -2.39. The SMILES string of the molecule is I.NC(=NCc1ccccc1Cn1cccn1)NCCCN1CCOCC1. The Morgan fingerprint density at radius 2 is 1.96 bits per heavy atom. The average Bonchev–Trinajstić information content (AvgIpc) is 3.18. The number of ether oxygens (including phenoxy) is 1. The highest BCUT2D eigenvalue weighted by Gasteiger charge is 2.09. The number of hydrogen-bond acceptors (Lipinski definition) is 4. The first-order valence-electron chi connectivity index (χ1n) is 9.19. The van der Waals surface area contributed by atoms with Gasteiger partial charge in [-0.1, -0.05) is 24.3 Å². The van der Waals surface area contributed by atoms with Crippen LogP contribution in [0.4, 0.5) is 0 Å². The summed E-state index contributed by atoms with van der Waals surface area (Å²) in [5.41, 5.74) is 8.39. The third-order valence-corrected chi connectivity index (χ3v) is 4.49. The molecule has 1 aromatic heterocycles. The molecule has 0 radical (unpaired) electrons. The highest BCUT2D eigenvalue weighted by molar-refractivity contribution is 14.0. The van der Waals surface area contributed by atoms with E-state index in [1.807, 2.05) is 29.1 Å². The number of rotatable bonds is 8. The standard InChI is InChI=1S/C19H28N6O.HI/c20-19(21-7-3-9-24-11-13-26-14-12-24)22-15-17-5-1-2-6-18(17)16-25-10-4-8-23-25;/h1-2,4-6,8,10H,3,7,9,11-16H2,(H3,20,21,22);1H. The van der Waals surface area contributed by atoms with Crippen molar-refractivity contribution in [1.82, 2.24) is 20.0 Å². The topological polar surface area (TPSA) is 80.7 Å². The lowest BCUT2D eigenvalue weighted by atomic mass is 10.1. The van der Waals surface area contributed by atoms with E-state index in [-0.39, 0.29) is 24.0 Å². The molecular weight excluding hydrogens is 455 g/mol. The molecule has 1 fully saturated rings. The number of aliphatic imine (C=N–C) groups is 1. The summed E-state index contributed by atoms with van der Waals surface area (Å²) in [7, 11) is 0. The fourth-order valence-electron chi connectivity index (χ4n) is 3.00. The van der Waals surface area contributed by atoms with E-state index in [9.17, 15) is 0 Å². The number of nitrogens with two attached hydrogens (primary N) is 1. The van der Waals surface area contributed by atoms with Crippen molar-refractivity contribution in [3.63, 3.8) is 0 Å². The van der Waals surface area contributed by atoms with Gasteiger partial charge in [0.15, 0.2) is 5.96 Å². The molecule has 0 aliphatic carbocycles. The van der Waals surface area contributed by atoms with Crippen LogP contribution in [0.15, 0.2) is 47.7 Å². The van der Waals surface area contributed by atoms with Crippen LogP contribution >= 0.6 is 24.0 Å². The average molecular weight is 484 g/mol. The zero-order chi connectivity index (χ0) is 18.0. The van der Waals surface area contributed by atoms with E-state index >= 15 is 0 Å². The summed E-state index contributed by atoms with van der Waals surface area (Å²) in [5, 5.41) is 7.48. The van der Waals surface area contributed by atoms with E-state index in [1.165, 1.54) is 11.1 Å². The molecule has 27 heavy (non-hydrogen) atoms. The van der Waals surface area contributed by atoms with Gasteiger partial charge in [0.1, 0.15) is 0 Å². The summed E-state index contributed by atoms with van der Waals surface area (Å²) in [4.78, 5) is 6.91. The zero-order valence-electron chi connectivity index (χ0n) is 15.6. The van der Waals surface area contributed by atoms with Gasteiger partial charge in [-0.3, -0.25) is 9.58 Å². The highest BCUT2D eigenvalue weighted by Crippen LogP contribution is 2.11. The van der Waals surface area contributed by atoms with E-state index in [2.05, 4.69) is 32.4 Å². The maximum absolute atomic E-state index is 6.01. The number of nitrogens with one attached hydrogen (secondary N) is 1. The predicted octanol–water partition coefficient (Wildman–Crippen LogP) is 1.68. The second-order valence-corrected chi connectivity index (χ2v) is 6.41. The molecule has 1 aliphatic rings. The molecule has 2 heterocycles. The van der Waals surface area contributed by atoms with Gasteiger partial charge in [0.2, 0.25) is 0 Å². The predicted molar refractivity (Wildman–Crippen MR) is 118 cm³/mol. The van der Waals surface area contributed by atoms with Crippen LogP contribution in [0.3, 0.4) is 0 Å². The Hall–Kier alpha value is -1.65. The quantitative estimate of drug-likeness (QED) is 0.258. The van der Waals surface area contributed by atoms with Gasteiger partial charge in [0.25, 0.3) is 0 Å². The van der Waals surface area contributed by atoms with Crippen molar-refractivity contribution in [3.05, 3.63) is 53.9 Å². The van der Waals surface area contributed by atoms with E-state index in [1.54, 1.807) is 6.20 Å². The normalized spacial score (nSPS) is 15.3. The van der Waals surface area contributed by atoms with Gasteiger partial charge < -0.3 is 15.8 Å². The van der Waals surface area contributed by atoms with Crippen molar-refractivity contribution in [2.24, 2.45) is 10.7 Å². The van der Waals surface area contributed by atoms with Crippen molar-refractivity contribution >= 4 is 29.9 Å². The van der Waals surface area contributed by atoms with Gasteiger partial charge in [-0.05, 0) is 30.2 Å². The molecule has 148 valence electrons. The van der Waals surface area contributed by atoms with Crippen LogP contribution in [0, 0.1) is 0 Å². The van der Waals surface area contributed by atoms with Crippen LogP contribution in [0.25, 0.3) is 0 Å². The number of nitrogens with zero attached hydrogens (tertiary/aromatic N) is 4. The second kappa shape index (κ2) is 11.9. The Bertz CT molecular complexity index is 685. The molecular formula is C19H29IN6O. The van der Waals surface area contributed by atoms with Crippen LogP contribution in [-0.4, -0.2) is 60.0 Å². The molecule has 3 N–H and O–H groups in total. The number of benzene rings is 1. The Morgan fingerprint density at radius 3 is 2.70 bits per heavy atom. The lowest BCUT2D eigenvalue weighted by Gasteiger charge is -2.26. The number of hydrogen-bond donors (Lipinski definition) is 2. The lowest BCUT2D eigenvalue weighted by molar-refractivity contribution is 0.0376. The number of halogens is 1. The van der Waals surface area contributed by atoms with Crippen molar-refractivity contribution in [1.29, 1.82) is 0 Å². The molecule has 8 heteroatoms. The van der Waals surface area contributed by atoms with Crippen molar-refractivity contribution in [3.8, 4) is 0 Å². The van der Waals surface area contributed by atoms with Crippen LogP contribution in [-0.2, 0) is 17.8 Å². The molecule has 0 bridgehead atoms. The van der Waals surface area contributed by atoms with Crippen LogP contribution in [0.2, 0.25) is 0 Å². The van der Waals surface area contributed by atoms with E-state index in [0.29, 0.717) is 12.5 Å². The first kappa shape index (κ1) is 21.6. The van der Waals surface area contributed by atoms with E-state index in [0.717, 1.165) is 52.4 Å². The molecule has 0 unspecified atom stereocenters. The van der Waals surface area contributed by atoms with Crippen molar-refractivity contribution in [2.45, 2.75) is 19.5 Å². The minimum Gasteiger partial charge on any atom is -0.379 e. The monoisotopic (exact) mass is 484 g/mol. The minimum absolute atomic E-state index is 0. The number of guanidine groups is 1. The summed E-state index contributed by atoms with van der Waals surface area (Å²) in [5.74, 6) is 0.501. The molecule has 3 rings (SSSR count). The molecule has 0 spiro atoms. The summed E-state index contributed by atoms with van der Waals surface area (Å²) in [6.07, 6.45) is 4.80. The largest absolute Gasteiger partial charge is 0.379 e. The molecule has 0 amide bonds. The summed E-state index contributed by atoms with van der Waals surface area (Å²) < 4.78 is 7.27. The maximum atomic E-state index is 6.01. The van der Waals surface area contributed by atoms with Crippen LogP contribution in [0.1, 0.15) is 17.5 Å². The zero-order valence-corrected chi connectivity index (χ0v) is 17.9. The van der Waals surface area contributed by atoms with E-state index < -0.39 is 0 Å². The molecule has 0 saturated carbocycles. The van der Waals surface area contributed by atoms with Gasteiger partial charge in [-0.25, -0.2) is 4.99 Å². The minimum atomic E-state index is 0. The van der Waals surface area contributed by atoms with Gasteiger partial charge in [0.05, 0.1) is 26.3 Å². The molecule has 2 aromatic rings. The summed E-state index contributed by atoms with van der Waals surface area (Å²) >= 11 is 0. The first-order chi connectivity index (χ1) is 12.8. The third kappa shape index (κ3) is 7.47. The molecule has 1 aromatic carbocycles. The smallest absolute Gasteiger partial charge is 0.188 e. The van der Waals surface area contributed by atoms with Crippen LogP contribution < -0.4 is 11.1 Å².